The van der Waals surface area contributed by atoms with E-state index in [4.69, 9.17) is 9.47 Å². The summed E-state index contributed by atoms with van der Waals surface area (Å²) in [6.45, 7) is 6.41. The lowest BCUT2D eigenvalue weighted by atomic mass is 9.41. The fourth-order valence-electron chi connectivity index (χ4n) is 10.5. The summed E-state index contributed by atoms with van der Waals surface area (Å²) in [7, 11) is 0. The third-order valence-corrected chi connectivity index (χ3v) is 13.5. The summed E-state index contributed by atoms with van der Waals surface area (Å²) in [5, 5.41) is 0. The topological polar surface area (TPSA) is 52.6 Å². The summed E-state index contributed by atoms with van der Waals surface area (Å²) in [4.78, 5) is 27.8. The van der Waals surface area contributed by atoms with Gasteiger partial charge >= 0.3 is 0 Å². The summed E-state index contributed by atoms with van der Waals surface area (Å²) >= 11 is 0. The van der Waals surface area contributed by atoms with Crippen LogP contribution in [0.1, 0.15) is 181 Å². The van der Waals surface area contributed by atoms with Crippen LogP contribution in [0.5, 0.6) is 0 Å². The summed E-state index contributed by atoms with van der Waals surface area (Å²) < 4.78 is 12.5. The van der Waals surface area contributed by atoms with Crippen LogP contribution in [-0.4, -0.2) is 37.0 Å². The van der Waals surface area contributed by atoms with E-state index < -0.39 is 10.8 Å². The van der Waals surface area contributed by atoms with Gasteiger partial charge in [-0.05, 0) is 139 Å². The van der Waals surface area contributed by atoms with Gasteiger partial charge in [0.2, 0.25) is 0 Å². The SMILES string of the molecule is CCCCCCCO[C@H]1CC[C@H](C2CCC3(CC2)C(=O)C2(CCC([C@H]4CC[C@H](OCCCCCCC)CC4)CC2)C3=O)CC1. The Balaban J connectivity index is 0.972. The Morgan fingerprint density at radius 2 is 0.773 bits per heavy atom. The molecule has 0 heterocycles. The van der Waals surface area contributed by atoms with Crippen molar-refractivity contribution in [1.82, 2.24) is 0 Å². The van der Waals surface area contributed by atoms with Gasteiger partial charge in [0, 0.05) is 13.2 Å². The van der Waals surface area contributed by atoms with Crippen molar-refractivity contribution in [3.63, 3.8) is 0 Å². The highest BCUT2D eigenvalue weighted by Crippen LogP contribution is 2.62. The lowest BCUT2D eigenvalue weighted by molar-refractivity contribution is -0.179. The van der Waals surface area contributed by atoms with Gasteiger partial charge in [-0.2, -0.15) is 0 Å². The molecule has 4 heteroatoms. The van der Waals surface area contributed by atoms with E-state index >= 15 is 0 Å². The normalized spacial score (nSPS) is 37.9. The molecule has 0 atom stereocenters. The van der Waals surface area contributed by atoms with E-state index in [-0.39, 0.29) is 0 Å². The molecule has 0 bridgehead atoms. The van der Waals surface area contributed by atoms with Crippen LogP contribution >= 0.6 is 0 Å². The highest BCUT2D eigenvalue weighted by Gasteiger charge is 2.71. The van der Waals surface area contributed by atoms with Crippen molar-refractivity contribution < 1.29 is 19.1 Å². The summed E-state index contributed by atoms with van der Waals surface area (Å²) in [5.74, 6) is 3.72. The molecule has 5 fully saturated rings. The quantitative estimate of drug-likeness (QED) is 0.129. The van der Waals surface area contributed by atoms with Crippen molar-refractivity contribution in [2.75, 3.05) is 13.2 Å². The van der Waals surface area contributed by atoms with Crippen LogP contribution in [0.15, 0.2) is 0 Å². The Bertz CT molecular complexity index is 776. The molecular weight excluding hydrogens is 544 g/mol. The third-order valence-electron chi connectivity index (χ3n) is 13.5. The largest absolute Gasteiger partial charge is 0.378 e. The molecule has 0 unspecified atom stereocenters. The number of ether oxygens (including phenoxy) is 2. The second-order valence-electron chi connectivity index (χ2n) is 16.1. The molecule has 0 aromatic rings. The van der Waals surface area contributed by atoms with Crippen molar-refractivity contribution >= 4 is 11.6 Å². The van der Waals surface area contributed by atoms with Gasteiger partial charge < -0.3 is 9.47 Å². The monoisotopic (exact) mass is 613 g/mol. The van der Waals surface area contributed by atoms with Crippen molar-refractivity contribution in [3.05, 3.63) is 0 Å². The lowest BCUT2D eigenvalue weighted by Gasteiger charge is -2.58. The first kappa shape index (κ1) is 34.6. The summed E-state index contributed by atoms with van der Waals surface area (Å²) in [5.41, 5.74) is -1.18. The molecule has 0 aromatic carbocycles. The zero-order chi connectivity index (χ0) is 30.8. The van der Waals surface area contributed by atoms with E-state index in [1.165, 1.54) is 116 Å². The Morgan fingerprint density at radius 3 is 1.11 bits per heavy atom. The minimum Gasteiger partial charge on any atom is -0.378 e. The molecule has 5 aliphatic rings. The highest BCUT2D eigenvalue weighted by atomic mass is 16.5. The first-order valence-electron chi connectivity index (χ1n) is 19.9. The first-order chi connectivity index (χ1) is 21.5. The number of unbranched alkanes of at least 4 members (excludes halogenated alkanes) is 8. The number of hydrogen-bond donors (Lipinski definition) is 0. The first-order valence-corrected chi connectivity index (χ1v) is 19.9. The van der Waals surface area contributed by atoms with E-state index in [2.05, 4.69) is 13.8 Å². The maximum atomic E-state index is 13.9. The number of hydrogen-bond acceptors (Lipinski definition) is 4. The predicted molar refractivity (Wildman–Crippen MR) is 180 cm³/mol. The van der Waals surface area contributed by atoms with Gasteiger partial charge in [0.05, 0.1) is 23.0 Å². The molecule has 44 heavy (non-hydrogen) atoms. The number of Topliss-reactive ketones (excluding diaryl/α,β-unsaturated/α-hetero) is 2. The van der Waals surface area contributed by atoms with Gasteiger partial charge in [-0.15, -0.1) is 0 Å². The molecule has 5 rings (SSSR count). The van der Waals surface area contributed by atoms with Crippen LogP contribution in [0.4, 0.5) is 0 Å². The van der Waals surface area contributed by atoms with E-state index in [9.17, 15) is 9.59 Å². The number of rotatable bonds is 16. The van der Waals surface area contributed by atoms with Gasteiger partial charge in [-0.3, -0.25) is 9.59 Å². The van der Waals surface area contributed by atoms with Crippen LogP contribution in [0.3, 0.4) is 0 Å². The van der Waals surface area contributed by atoms with Crippen LogP contribution < -0.4 is 0 Å². The minimum atomic E-state index is -0.590. The van der Waals surface area contributed by atoms with Crippen molar-refractivity contribution in [2.24, 2.45) is 34.5 Å². The van der Waals surface area contributed by atoms with E-state index in [1.54, 1.807) is 0 Å². The fourth-order valence-corrected chi connectivity index (χ4v) is 10.5. The number of ketones is 2. The second kappa shape index (κ2) is 16.9. The third kappa shape index (κ3) is 8.03. The Hall–Kier alpha value is -0.740. The number of carbonyl (C=O) groups is 2. The molecule has 4 nitrogen and oxygen atoms in total. The Kier molecular flexibility index (Phi) is 13.3. The van der Waals surface area contributed by atoms with Gasteiger partial charge in [0.1, 0.15) is 0 Å². The maximum absolute atomic E-state index is 13.9. The van der Waals surface area contributed by atoms with Gasteiger partial charge in [-0.25, -0.2) is 0 Å². The lowest BCUT2D eigenvalue weighted by Crippen LogP contribution is -2.68. The standard InChI is InChI=1S/C40H68O4/c1-3-5-7-9-11-29-43-35-17-13-31(14-18-35)33-21-25-39(26-22-33)37(41)40(38(39)42)27-23-34(24-28-40)32-15-19-36(20-16-32)44-30-12-10-8-6-4-2/h31-36H,3-30H2,1-2H3/t31-,32-,33?,34?,35-,36-,39?,40?. The van der Waals surface area contributed by atoms with E-state index in [1.807, 2.05) is 0 Å². The van der Waals surface area contributed by atoms with Crippen molar-refractivity contribution in [1.29, 1.82) is 0 Å². The molecule has 252 valence electrons. The molecule has 0 N–H and O–H groups in total. The maximum Gasteiger partial charge on any atom is 0.159 e. The Morgan fingerprint density at radius 1 is 0.455 bits per heavy atom. The molecular formula is C40H68O4. The van der Waals surface area contributed by atoms with Crippen LogP contribution in [0, 0.1) is 34.5 Å². The van der Waals surface area contributed by atoms with Gasteiger partial charge in [-0.1, -0.05) is 65.2 Å². The smallest absolute Gasteiger partial charge is 0.159 e. The fraction of sp³-hybridized carbons (Fsp3) is 0.950. The highest BCUT2D eigenvalue weighted by molar-refractivity contribution is 6.30. The molecule has 2 spiro atoms. The summed E-state index contributed by atoms with van der Waals surface area (Å²) in [6.07, 6.45) is 31.6. The minimum absolute atomic E-state index is 0.374. The molecule has 5 saturated carbocycles. The van der Waals surface area contributed by atoms with Crippen molar-refractivity contribution in [3.8, 4) is 0 Å². The molecule has 5 aliphatic carbocycles. The molecule has 0 aromatic heterocycles. The average molecular weight is 613 g/mol. The van der Waals surface area contributed by atoms with Gasteiger partial charge in [0.25, 0.3) is 0 Å². The van der Waals surface area contributed by atoms with Crippen molar-refractivity contribution in [2.45, 2.75) is 193 Å². The molecule has 0 aliphatic heterocycles. The van der Waals surface area contributed by atoms with Gasteiger partial charge in [0.15, 0.2) is 11.6 Å². The zero-order valence-corrected chi connectivity index (χ0v) is 28.9. The molecule has 0 saturated heterocycles. The molecule has 0 amide bonds. The predicted octanol–water partition coefficient (Wildman–Crippen LogP) is 10.6. The Labute approximate surface area is 270 Å². The van der Waals surface area contributed by atoms with E-state index in [0.29, 0.717) is 35.6 Å². The van der Waals surface area contributed by atoms with Crippen LogP contribution in [0.2, 0.25) is 0 Å². The molecule has 0 radical (unpaired) electrons. The average Bonchev–Trinajstić information content (AvgIpc) is 3.08. The number of carbonyl (C=O) groups excluding carboxylic acids is 2. The van der Waals surface area contributed by atoms with Crippen LogP contribution in [-0.2, 0) is 19.1 Å². The zero-order valence-electron chi connectivity index (χ0n) is 28.9. The van der Waals surface area contributed by atoms with Crippen LogP contribution in [0.25, 0.3) is 0 Å². The second-order valence-corrected chi connectivity index (χ2v) is 16.1. The van der Waals surface area contributed by atoms with E-state index in [0.717, 1.165) is 76.4 Å². The summed E-state index contributed by atoms with van der Waals surface area (Å²) in [6, 6.07) is 0.